The van der Waals surface area contributed by atoms with Gasteiger partial charge in [0.05, 0.1) is 12.6 Å². The highest BCUT2D eigenvalue weighted by atomic mass is 16.5. The first kappa shape index (κ1) is 11.9. The van der Waals surface area contributed by atoms with Gasteiger partial charge in [0.25, 0.3) is 5.91 Å². The number of nitrogens with two attached hydrogens (primary N) is 2. The van der Waals surface area contributed by atoms with Gasteiger partial charge in [0, 0.05) is 0 Å². The number of fused-ring (bicyclic) bond motifs is 1. The summed E-state index contributed by atoms with van der Waals surface area (Å²) in [5.41, 5.74) is 9.99. The van der Waals surface area contributed by atoms with E-state index in [2.05, 4.69) is 11.5 Å². The van der Waals surface area contributed by atoms with Crippen LogP contribution in [0.25, 0.3) is 0 Å². The van der Waals surface area contributed by atoms with Crippen LogP contribution in [0.5, 0.6) is 5.75 Å². The van der Waals surface area contributed by atoms with Crippen LogP contribution < -0.4 is 21.7 Å². The summed E-state index contributed by atoms with van der Waals surface area (Å²) < 4.78 is 5.52. The van der Waals surface area contributed by atoms with Gasteiger partial charge in [-0.15, -0.1) is 0 Å². The maximum atomic E-state index is 11.2. The van der Waals surface area contributed by atoms with Gasteiger partial charge in [0.15, 0.2) is 0 Å². The molecule has 0 radical (unpaired) electrons. The second kappa shape index (κ2) is 5.16. The normalized spacial score (nSPS) is 15.6. The van der Waals surface area contributed by atoms with Crippen LogP contribution in [0.1, 0.15) is 17.5 Å². The van der Waals surface area contributed by atoms with Gasteiger partial charge < -0.3 is 10.5 Å². The van der Waals surface area contributed by atoms with E-state index in [0.717, 1.165) is 30.8 Å². The van der Waals surface area contributed by atoms with E-state index in [1.165, 1.54) is 5.56 Å². The molecule has 1 aliphatic heterocycles. The molecule has 1 aliphatic rings. The highest BCUT2D eigenvalue weighted by Gasteiger charge is 2.15. The standard InChI is InChI=1S/C12H17N3O2/c13-10(12(16)15-14)7-8-3-4-11-9(6-8)2-1-5-17-11/h3-4,6,10H,1-2,5,7,13-14H2,(H,15,16). The van der Waals surface area contributed by atoms with Crippen LogP contribution in [0.15, 0.2) is 18.2 Å². The van der Waals surface area contributed by atoms with Gasteiger partial charge >= 0.3 is 0 Å². The summed E-state index contributed by atoms with van der Waals surface area (Å²) in [7, 11) is 0. The molecule has 0 fully saturated rings. The van der Waals surface area contributed by atoms with Gasteiger partial charge in [0.2, 0.25) is 0 Å². The molecule has 0 saturated heterocycles. The van der Waals surface area contributed by atoms with E-state index in [1.54, 1.807) is 0 Å². The Morgan fingerprint density at radius 2 is 2.35 bits per heavy atom. The third-order valence-corrected chi connectivity index (χ3v) is 2.91. The topological polar surface area (TPSA) is 90.4 Å². The molecule has 5 heteroatoms. The van der Waals surface area contributed by atoms with Crippen molar-refractivity contribution in [3.05, 3.63) is 29.3 Å². The first-order chi connectivity index (χ1) is 8.20. The number of benzene rings is 1. The van der Waals surface area contributed by atoms with E-state index >= 15 is 0 Å². The summed E-state index contributed by atoms with van der Waals surface area (Å²) in [6.07, 6.45) is 2.53. The highest BCUT2D eigenvalue weighted by Crippen LogP contribution is 2.25. The van der Waals surface area contributed by atoms with Crippen LogP contribution >= 0.6 is 0 Å². The summed E-state index contributed by atoms with van der Waals surface area (Å²) in [6.45, 7) is 0.779. The smallest absolute Gasteiger partial charge is 0.251 e. The molecule has 0 aliphatic carbocycles. The summed E-state index contributed by atoms with van der Waals surface area (Å²) in [5, 5.41) is 0. The maximum Gasteiger partial charge on any atom is 0.251 e. The number of carbonyl (C=O) groups excluding carboxylic acids is 1. The minimum atomic E-state index is -0.609. The van der Waals surface area contributed by atoms with Gasteiger partial charge in [0.1, 0.15) is 5.75 Å². The van der Waals surface area contributed by atoms with Gasteiger partial charge in [-0.2, -0.15) is 0 Å². The lowest BCUT2D eigenvalue weighted by atomic mass is 9.99. The minimum Gasteiger partial charge on any atom is -0.493 e. The summed E-state index contributed by atoms with van der Waals surface area (Å²) in [4.78, 5) is 11.2. The zero-order chi connectivity index (χ0) is 12.3. The van der Waals surface area contributed by atoms with Crippen molar-refractivity contribution in [3.63, 3.8) is 0 Å². The number of hydrazine groups is 1. The minimum absolute atomic E-state index is 0.348. The lowest BCUT2D eigenvalue weighted by molar-refractivity contribution is -0.122. The Labute approximate surface area is 100 Å². The van der Waals surface area contributed by atoms with E-state index in [4.69, 9.17) is 16.3 Å². The molecule has 1 aromatic rings. The van der Waals surface area contributed by atoms with Gasteiger partial charge in [-0.25, -0.2) is 5.84 Å². The molecule has 0 saturated carbocycles. The number of ether oxygens (including phenoxy) is 1. The summed E-state index contributed by atoms with van der Waals surface area (Å²) >= 11 is 0. The van der Waals surface area contributed by atoms with Gasteiger partial charge in [-0.1, -0.05) is 12.1 Å². The fourth-order valence-electron chi connectivity index (χ4n) is 1.99. The van der Waals surface area contributed by atoms with Crippen molar-refractivity contribution < 1.29 is 9.53 Å². The molecule has 0 spiro atoms. The van der Waals surface area contributed by atoms with Crippen molar-refractivity contribution >= 4 is 5.91 Å². The number of hydrogen-bond donors (Lipinski definition) is 3. The van der Waals surface area contributed by atoms with E-state index in [-0.39, 0.29) is 5.91 Å². The molecule has 0 bridgehead atoms. The zero-order valence-electron chi connectivity index (χ0n) is 9.61. The molecular weight excluding hydrogens is 218 g/mol. The van der Waals surface area contributed by atoms with Crippen molar-refractivity contribution in [1.82, 2.24) is 5.43 Å². The van der Waals surface area contributed by atoms with Crippen LogP contribution in [-0.4, -0.2) is 18.6 Å². The first-order valence-electron chi connectivity index (χ1n) is 5.71. The monoisotopic (exact) mass is 235 g/mol. The van der Waals surface area contributed by atoms with Crippen molar-refractivity contribution in [3.8, 4) is 5.75 Å². The highest BCUT2D eigenvalue weighted by molar-refractivity contribution is 5.81. The number of rotatable bonds is 3. The number of amides is 1. The number of aryl methyl sites for hydroxylation is 1. The number of hydrogen-bond acceptors (Lipinski definition) is 4. The largest absolute Gasteiger partial charge is 0.493 e. The van der Waals surface area contributed by atoms with Crippen molar-refractivity contribution in [2.45, 2.75) is 25.3 Å². The van der Waals surface area contributed by atoms with E-state index in [1.807, 2.05) is 12.1 Å². The van der Waals surface area contributed by atoms with Crippen molar-refractivity contribution in [2.75, 3.05) is 6.61 Å². The van der Waals surface area contributed by atoms with Crippen LogP contribution in [0, 0.1) is 0 Å². The van der Waals surface area contributed by atoms with E-state index in [0.29, 0.717) is 6.42 Å². The fourth-order valence-corrected chi connectivity index (χ4v) is 1.99. The molecule has 92 valence electrons. The molecule has 1 amide bonds. The Balaban J connectivity index is 2.09. The first-order valence-corrected chi connectivity index (χ1v) is 5.71. The van der Waals surface area contributed by atoms with Crippen LogP contribution in [-0.2, 0) is 17.6 Å². The number of nitrogens with one attached hydrogen (secondary N) is 1. The molecule has 17 heavy (non-hydrogen) atoms. The van der Waals surface area contributed by atoms with Crippen LogP contribution in [0.2, 0.25) is 0 Å². The molecule has 1 unspecified atom stereocenters. The number of carbonyl (C=O) groups is 1. The quantitative estimate of drug-likeness (QED) is 0.387. The predicted octanol–water partition coefficient (Wildman–Crippen LogP) is -0.129. The second-order valence-corrected chi connectivity index (χ2v) is 4.21. The molecule has 0 aromatic heterocycles. The molecule has 5 N–H and O–H groups in total. The Bertz CT molecular complexity index is 420. The molecular formula is C12H17N3O2. The molecule has 1 heterocycles. The van der Waals surface area contributed by atoms with Crippen LogP contribution in [0.4, 0.5) is 0 Å². The maximum absolute atomic E-state index is 11.2. The van der Waals surface area contributed by atoms with Crippen molar-refractivity contribution in [2.24, 2.45) is 11.6 Å². The third kappa shape index (κ3) is 2.75. The second-order valence-electron chi connectivity index (χ2n) is 4.21. The Morgan fingerprint density at radius 3 is 3.12 bits per heavy atom. The molecule has 2 rings (SSSR count). The lowest BCUT2D eigenvalue weighted by Crippen LogP contribution is -2.45. The van der Waals surface area contributed by atoms with E-state index in [9.17, 15) is 4.79 Å². The van der Waals surface area contributed by atoms with Gasteiger partial charge in [-0.05, 0) is 36.5 Å². The average molecular weight is 235 g/mol. The molecule has 1 atom stereocenters. The average Bonchev–Trinajstić information content (AvgIpc) is 2.37. The zero-order valence-corrected chi connectivity index (χ0v) is 9.61. The third-order valence-electron chi connectivity index (χ3n) is 2.91. The Hall–Kier alpha value is -1.59. The summed E-state index contributed by atoms with van der Waals surface area (Å²) in [6, 6.07) is 5.32. The molecule has 1 aromatic carbocycles. The van der Waals surface area contributed by atoms with E-state index < -0.39 is 6.04 Å². The Kier molecular flexibility index (Phi) is 3.61. The Morgan fingerprint density at radius 1 is 1.53 bits per heavy atom. The summed E-state index contributed by atoms with van der Waals surface area (Å²) in [5.74, 6) is 5.63. The van der Waals surface area contributed by atoms with Crippen molar-refractivity contribution in [1.29, 1.82) is 0 Å². The SMILES string of the molecule is NNC(=O)C(N)Cc1ccc2c(c1)CCCO2. The molecule has 5 nitrogen and oxygen atoms in total. The lowest BCUT2D eigenvalue weighted by Gasteiger charge is -2.18. The fraction of sp³-hybridized carbons (Fsp3) is 0.417. The predicted molar refractivity (Wildman–Crippen MR) is 64.3 cm³/mol. The van der Waals surface area contributed by atoms with Crippen LogP contribution in [0.3, 0.4) is 0 Å². The van der Waals surface area contributed by atoms with Gasteiger partial charge in [-0.3, -0.25) is 10.2 Å².